The quantitative estimate of drug-likeness (QED) is 0.840. The largest absolute Gasteiger partial charge is 0.379 e. The highest BCUT2D eigenvalue weighted by molar-refractivity contribution is 5.91. The molecule has 1 heterocycles. The second kappa shape index (κ2) is 6.72. The first-order valence-electron chi connectivity index (χ1n) is 6.27. The number of nitrogens with one attached hydrogen (secondary N) is 2. The number of benzene rings is 1. The van der Waals surface area contributed by atoms with E-state index in [1.165, 1.54) is 7.11 Å². The number of amides is 1. The summed E-state index contributed by atoms with van der Waals surface area (Å²) in [7, 11) is 3.45. The zero-order valence-corrected chi connectivity index (χ0v) is 11.6. The predicted octanol–water partition coefficient (Wildman–Crippen LogP) is 1.62. The van der Waals surface area contributed by atoms with Gasteiger partial charge < -0.3 is 19.9 Å². The lowest BCUT2D eigenvalue weighted by atomic mass is 10.2. The summed E-state index contributed by atoms with van der Waals surface area (Å²) in [6, 6.07) is 7.52. The van der Waals surface area contributed by atoms with Crippen LogP contribution in [0, 0.1) is 0 Å². The van der Waals surface area contributed by atoms with Gasteiger partial charge in [0.2, 0.25) is 5.91 Å². The summed E-state index contributed by atoms with van der Waals surface area (Å²) in [5.74, 6) is -0.164. The molecule has 0 saturated carbocycles. The van der Waals surface area contributed by atoms with Gasteiger partial charge in [-0.25, -0.2) is 4.98 Å². The van der Waals surface area contributed by atoms with Crippen molar-refractivity contribution in [2.45, 2.75) is 6.54 Å². The van der Waals surface area contributed by atoms with Crippen LogP contribution in [0.15, 0.2) is 36.8 Å². The average Bonchev–Trinajstić information content (AvgIpc) is 2.84. The molecule has 2 aromatic rings. The van der Waals surface area contributed by atoms with E-state index in [1.807, 2.05) is 42.1 Å². The van der Waals surface area contributed by atoms with E-state index in [-0.39, 0.29) is 12.5 Å². The SMILES string of the molecule is COCC(=O)Nc1ccc(NCc2cncn2C)cc1. The van der Waals surface area contributed by atoms with Crippen LogP contribution in [0.4, 0.5) is 11.4 Å². The van der Waals surface area contributed by atoms with Gasteiger partial charge in [-0.05, 0) is 24.3 Å². The lowest BCUT2D eigenvalue weighted by Crippen LogP contribution is -2.16. The number of ether oxygens (including phenoxy) is 1. The first-order chi connectivity index (χ1) is 9.69. The lowest BCUT2D eigenvalue weighted by molar-refractivity contribution is -0.119. The van der Waals surface area contributed by atoms with Crippen LogP contribution < -0.4 is 10.6 Å². The summed E-state index contributed by atoms with van der Waals surface area (Å²) in [6.07, 6.45) is 3.60. The number of carbonyl (C=O) groups excluding carboxylic acids is 1. The monoisotopic (exact) mass is 274 g/mol. The maximum atomic E-state index is 11.4. The average molecular weight is 274 g/mol. The maximum Gasteiger partial charge on any atom is 0.250 e. The zero-order chi connectivity index (χ0) is 14.4. The molecule has 1 amide bonds. The Bertz CT molecular complexity index is 563. The lowest BCUT2D eigenvalue weighted by Gasteiger charge is -2.08. The first kappa shape index (κ1) is 14.1. The Balaban J connectivity index is 1.88. The van der Waals surface area contributed by atoms with Gasteiger partial charge >= 0.3 is 0 Å². The minimum Gasteiger partial charge on any atom is -0.379 e. The van der Waals surface area contributed by atoms with E-state index < -0.39 is 0 Å². The fourth-order valence-electron chi connectivity index (χ4n) is 1.75. The standard InChI is InChI=1S/C14H18N4O2/c1-18-10-15-7-13(18)8-16-11-3-5-12(6-4-11)17-14(19)9-20-2/h3-7,10,16H,8-9H2,1-2H3,(H,17,19). The van der Waals surface area contributed by atoms with Gasteiger partial charge in [-0.2, -0.15) is 0 Å². The summed E-state index contributed by atoms with van der Waals surface area (Å²) >= 11 is 0. The Morgan fingerprint density at radius 1 is 1.30 bits per heavy atom. The van der Waals surface area contributed by atoms with Gasteiger partial charge in [0.15, 0.2) is 0 Å². The predicted molar refractivity (Wildman–Crippen MR) is 77.5 cm³/mol. The molecular formula is C14H18N4O2. The molecule has 1 aromatic heterocycles. The molecule has 0 fully saturated rings. The number of nitrogens with zero attached hydrogens (tertiary/aromatic N) is 2. The van der Waals surface area contributed by atoms with Gasteiger partial charge in [-0.15, -0.1) is 0 Å². The Kier molecular flexibility index (Phi) is 4.73. The molecule has 20 heavy (non-hydrogen) atoms. The van der Waals surface area contributed by atoms with E-state index in [4.69, 9.17) is 4.74 Å². The van der Waals surface area contributed by atoms with Crippen LogP contribution in [0.3, 0.4) is 0 Å². The van der Waals surface area contributed by atoms with Crippen molar-refractivity contribution in [3.63, 3.8) is 0 Å². The minimum absolute atomic E-state index is 0.0560. The van der Waals surface area contributed by atoms with Gasteiger partial charge in [0.25, 0.3) is 0 Å². The Morgan fingerprint density at radius 3 is 2.60 bits per heavy atom. The number of aryl methyl sites for hydroxylation is 1. The van der Waals surface area contributed by atoms with Crippen molar-refractivity contribution in [1.29, 1.82) is 0 Å². The highest BCUT2D eigenvalue weighted by Crippen LogP contribution is 2.14. The van der Waals surface area contributed by atoms with Crippen molar-refractivity contribution in [3.05, 3.63) is 42.5 Å². The van der Waals surface area contributed by atoms with E-state index in [9.17, 15) is 4.79 Å². The molecule has 0 aliphatic carbocycles. The zero-order valence-electron chi connectivity index (χ0n) is 11.6. The van der Waals surface area contributed by atoms with Gasteiger partial charge in [0.05, 0.1) is 18.6 Å². The molecule has 1 aromatic carbocycles. The molecule has 6 heteroatoms. The topological polar surface area (TPSA) is 68.2 Å². The third kappa shape index (κ3) is 3.83. The van der Waals surface area contributed by atoms with Crippen molar-refractivity contribution >= 4 is 17.3 Å². The van der Waals surface area contributed by atoms with Gasteiger partial charge in [0.1, 0.15) is 6.61 Å². The third-order valence-electron chi connectivity index (χ3n) is 2.83. The summed E-state index contributed by atoms with van der Waals surface area (Å²) in [5, 5.41) is 6.04. The van der Waals surface area contributed by atoms with Gasteiger partial charge in [0, 0.05) is 31.7 Å². The van der Waals surface area contributed by atoms with E-state index in [0.29, 0.717) is 6.54 Å². The molecule has 0 spiro atoms. The molecule has 2 N–H and O–H groups in total. The molecule has 0 atom stereocenters. The smallest absolute Gasteiger partial charge is 0.250 e. The number of hydrogen-bond donors (Lipinski definition) is 2. The summed E-state index contributed by atoms with van der Waals surface area (Å²) in [5.41, 5.74) is 2.83. The molecule has 2 rings (SSSR count). The molecule has 0 saturated heterocycles. The molecule has 0 aliphatic heterocycles. The van der Waals surface area contributed by atoms with Crippen LogP contribution in [-0.2, 0) is 23.1 Å². The molecule has 106 valence electrons. The number of rotatable bonds is 6. The van der Waals surface area contributed by atoms with Crippen LogP contribution in [0.1, 0.15) is 5.69 Å². The molecule has 6 nitrogen and oxygen atoms in total. The van der Waals surface area contributed by atoms with Crippen molar-refractivity contribution in [1.82, 2.24) is 9.55 Å². The molecule has 0 aliphatic rings. The van der Waals surface area contributed by atoms with Gasteiger partial charge in [-0.3, -0.25) is 4.79 Å². The Hall–Kier alpha value is -2.34. The fraction of sp³-hybridized carbons (Fsp3) is 0.286. The number of hydrogen-bond acceptors (Lipinski definition) is 4. The van der Waals surface area contributed by atoms with E-state index in [1.54, 1.807) is 6.33 Å². The van der Waals surface area contributed by atoms with Crippen molar-refractivity contribution in [2.24, 2.45) is 7.05 Å². The van der Waals surface area contributed by atoms with E-state index in [2.05, 4.69) is 15.6 Å². The number of anilines is 2. The molecule has 0 radical (unpaired) electrons. The Labute approximate surface area is 117 Å². The summed E-state index contributed by atoms with van der Waals surface area (Å²) in [4.78, 5) is 15.4. The normalized spacial score (nSPS) is 10.3. The highest BCUT2D eigenvalue weighted by atomic mass is 16.5. The van der Waals surface area contributed by atoms with E-state index in [0.717, 1.165) is 17.1 Å². The van der Waals surface area contributed by atoms with Crippen molar-refractivity contribution in [2.75, 3.05) is 24.4 Å². The first-order valence-corrected chi connectivity index (χ1v) is 6.27. The molecule has 0 bridgehead atoms. The highest BCUT2D eigenvalue weighted by Gasteiger charge is 2.02. The molecular weight excluding hydrogens is 256 g/mol. The number of aromatic nitrogens is 2. The number of imidazole rings is 1. The maximum absolute atomic E-state index is 11.4. The van der Waals surface area contributed by atoms with Crippen LogP contribution >= 0.6 is 0 Å². The number of methoxy groups -OCH3 is 1. The van der Waals surface area contributed by atoms with Crippen LogP contribution in [-0.4, -0.2) is 29.2 Å². The van der Waals surface area contributed by atoms with E-state index >= 15 is 0 Å². The second-order valence-corrected chi connectivity index (χ2v) is 4.41. The minimum atomic E-state index is -0.164. The van der Waals surface area contributed by atoms with Crippen LogP contribution in [0.5, 0.6) is 0 Å². The summed E-state index contributed by atoms with van der Waals surface area (Å²) < 4.78 is 6.72. The van der Waals surface area contributed by atoms with Gasteiger partial charge in [-0.1, -0.05) is 0 Å². The van der Waals surface area contributed by atoms with Crippen molar-refractivity contribution < 1.29 is 9.53 Å². The Morgan fingerprint density at radius 2 is 2.00 bits per heavy atom. The third-order valence-corrected chi connectivity index (χ3v) is 2.83. The molecule has 0 unspecified atom stereocenters. The summed E-state index contributed by atoms with van der Waals surface area (Å²) in [6.45, 7) is 0.756. The van der Waals surface area contributed by atoms with Crippen molar-refractivity contribution in [3.8, 4) is 0 Å². The van der Waals surface area contributed by atoms with Crippen LogP contribution in [0.2, 0.25) is 0 Å². The second-order valence-electron chi connectivity index (χ2n) is 4.41. The fourth-order valence-corrected chi connectivity index (χ4v) is 1.75. The van der Waals surface area contributed by atoms with Crippen LogP contribution in [0.25, 0.3) is 0 Å². The number of carbonyl (C=O) groups is 1.